The van der Waals surface area contributed by atoms with E-state index in [1.807, 2.05) is 12.1 Å². The maximum Gasteiger partial charge on any atom is 0.274 e. The second-order valence-corrected chi connectivity index (χ2v) is 7.47. The summed E-state index contributed by atoms with van der Waals surface area (Å²) >= 11 is 6.02. The van der Waals surface area contributed by atoms with Crippen LogP contribution in [0.3, 0.4) is 0 Å². The number of benzene rings is 1. The Morgan fingerprint density at radius 3 is 2.63 bits per heavy atom. The third-order valence-corrected chi connectivity index (χ3v) is 5.09. The molecule has 7 nitrogen and oxygen atoms in total. The van der Waals surface area contributed by atoms with Gasteiger partial charge in [-0.15, -0.1) is 0 Å². The van der Waals surface area contributed by atoms with Gasteiger partial charge in [0.1, 0.15) is 0 Å². The Balaban J connectivity index is 1.32. The average Bonchev–Trinajstić information content (AvgIpc) is 3.33. The fraction of sp³-hybridized carbons (Fsp3) is 0.421. The van der Waals surface area contributed by atoms with Crippen LogP contribution in [0.15, 0.2) is 36.5 Å². The van der Waals surface area contributed by atoms with Gasteiger partial charge in [0.25, 0.3) is 5.91 Å². The summed E-state index contributed by atoms with van der Waals surface area (Å²) in [7, 11) is 0. The molecule has 2 heterocycles. The van der Waals surface area contributed by atoms with E-state index in [1.165, 1.54) is 0 Å². The number of amides is 2. The van der Waals surface area contributed by atoms with Crippen molar-refractivity contribution < 1.29 is 9.59 Å². The highest BCUT2D eigenvalue weighted by molar-refractivity contribution is 6.30. The van der Waals surface area contributed by atoms with Crippen molar-refractivity contribution in [2.45, 2.75) is 18.9 Å². The highest BCUT2D eigenvalue weighted by Crippen LogP contribution is 2.18. The van der Waals surface area contributed by atoms with E-state index >= 15 is 0 Å². The van der Waals surface area contributed by atoms with Crippen LogP contribution in [0.2, 0.25) is 5.02 Å². The molecule has 1 aliphatic carbocycles. The molecule has 4 rings (SSSR count). The van der Waals surface area contributed by atoms with Crippen molar-refractivity contribution in [2.75, 3.05) is 32.7 Å². The van der Waals surface area contributed by atoms with E-state index in [-0.39, 0.29) is 11.8 Å². The molecule has 2 amide bonds. The Labute approximate surface area is 162 Å². The van der Waals surface area contributed by atoms with Crippen LogP contribution in [0.4, 0.5) is 0 Å². The minimum Gasteiger partial charge on any atom is -0.352 e. The Hall–Kier alpha value is -2.38. The van der Waals surface area contributed by atoms with Crippen molar-refractivity contribution in [3.8, 4) is 5.69 Å². The number of nitrogens with one attached hydrogen (secondary N) is 1. The van der Waals surface area contributed by atoms with Crippen LogP contribution in [0.5, 0.6) is 0 Å². The lowest BCUT2D eigenvalue weighted by Gasteiger charge is -2.33. The predicted molar refractivity (Wildman–Crippen MR) is 102 cm³/mol. The van der Waals surface area contributed by atoms with Gasteiger partial charge in [-0.3, -0.25) is 14.5 Å². The molecule has 0 spiro atoms. The number of aromatic nitrogens is 2. The van der Waals surface area contributed by atoms with Gasteiger partial charge in [-0.2, -0.15) is 5.10 Å². The molecule has 1 saturated carbocycles. The molecular weight excluding hydrogens is 366 g/mol. The van der Waals surface area contributed by atoms with Crippen molar-refractivity contribution in [1.82, 2.24) is 24.9 Å². The molecule has 0 unspecified atom stereocenters. The number of piperazine rings is 1. The average molecular weight is 388 g/mol. The quantitative estimate of drug-likeness (QED) is 0.845. The van der Waals surface area contributed by atoms with Crippen LogP contribution in [-0.4, -0.2) is 70.2 Å². The van der Waals surface area contributed by atoms with E-state index in [0.717, 1.165) is 18.5 Å². The second kappa shape index (κ2) is 7.70. The molecule has 0 bridgehead atoms. The number of carbonyl (C=O) groups is 2. The first kappa shape index (κ1) is 18.0. The lowest BCUT2D eigenvalue weighted by atomic mass is 10.2. The first-order valence-corrected chi connectivity index (χ1v) is 9.59. The SMILES string of the molecule is O=C(CN1CCN(C(=O)c2ccn(-c3cccc(Cl)c3)n2)CC1)NC1CC1. The molecule has 0 radical (unpaired) electrons. The van der Waals surface area contributed by atoms with Crippen molar-refractivity contribution in [3.05, 3.63) is 47.2 Å². The summed E-state index contributed by atoms with van der Waals surface area (Å²) in [4.78, 5) is 28.5. The molecule has 2 fully saturated rings. The third kappa shape index (κ3) is 4.48. The van der Waals surface area contributed by atoms with Crippen molar-refractivity contribution in [2.24, 2.45) is 0 Å². The summed E-state index contributed by atoms with van der Waals surface area (Å²) in [5, 5.41) is 8.02. The molecule has 8 heteroatoms. The zero-order valence-electron chi connectivity index (χ0n) is 15.0. The molecule has 27 heavy (non-hydrogen) atoms. The second-order valence-electron chi connectivity index (χ2n) is 7.04. The molecule has 1 aromatic heterocycles. The lowest BCUT2D eigenvalue weighted by molar-refractivity contribution is -0.122. The van der Waals surface area contributed by atoms with Gasteiger partial charge in [-0.1, -0.05) is 17.7 Å². The summed E-state index contributed by atoms with van der Waals surface area (Å²) in [6, 6.07) is 9.44. The van der Waals surface area contributed by atoms with E-state index in [4.69, 9.17) is 11.6 Å². The molecular formula is C19H22ClN5O2. The van der Waals surface area contributed by atoms with Crippen LogP contribution in [0.1, 0.15) is 23.3 Å². The van der Waals surface area contributed by atoms with Crippen LogP contribution < -0.4 is 5.32 Å². The zero-order chi connectivity index (χ0) is 18.8. The summed E-state index contributed by atoms with van der Waals surface area (Å²) < 4.78 is 1.65. The molecule has 1 N–H and O–H groups in total. The van der Waals surface area contributed by atoms with Gasteiger partial charge in [-0.25, -0.2) is 4.68 Å². The standard InChI is InChI=1S/C19H22ClN5O2/c20-14-2-1-3-16(12-14)25-7-6-17(22-25)19(27)24-10-8-23(9-11-24)13-18(26)21-15-4-5-15/h1-3,6-7,12,15H,4-5,8-11,13H2,(H,21,26). The smallest absolute Gasteiger partial charge is 0.274 e. The number of nitrogens with zero attached hydrogens (tertiary/aromatic N) is 4. The third-order valence-electron chi connectivity index (χ3n) is 4.85. The maximum atomic E-state index is 12.7. The minimum absolute atomic E-state index is 0.0811. The van der Waals surface area contributed by atoms with Crippen LogP contribution in [0.25, 0.3) is 5.69 Å². The lowest BCUT2D eigenvalue weighted by Crippen LogP contribution is -2.51. The van der Waals surface area contributed by atoms with E-state index in [0.29, 0.717) is 49.5 Å². The van der Waals surface area contributed by atoms with Gasteiger partial charge in [0.2, 0.25) is 5.91 Å². The zero-order valence-corrected chi connectivity index (χ0v) is 15.7. The Morgan fingerprint density at radius 2 is 1.93 bits per heavy atom. The van der Waals surface area contributed by atoms with Gasteiger partial charge in [0.15, 0.2) is 5.69 Å². The number of hydrogen-bond acceptors (Lipinski definition) is 4. The van der Waals surface area contributed by atoms with E-state index in [9.17, 15) is 9.59 Å². The van der Waals surface area contributed by atoms with Gasteiger partial charge < -0.3 is 10.2 Å². The van der Waals surface area contributed by atoms with Crippen LogP contribution >= 0.6 is 11.6 Å². The number of rotatable bonds is 5. The normalized spacial score (nSPS) is 17.7. The molecule has 2 aromatic rings. The minimum atomic E-state index is -0.0853. The maximum absolute atomic E-state index is 12.7. The first-order valence-electron chi connectivity index (χ1n) is 9.21. The van der Waals surface area contributed by atoms with E-state index in [2.05, 4.69) is 15.3 Å². The van der Waals surface area contributed by atoms with Gasteiger partial charge in [0, 0.05) is 43.4 Å². The topological polar surface area (TPSA) is 70.5 Å². The summed E-state index contributed by atoms with van der Waals surface area (Å²) in [6.45, 7) is 2.98. The Kier molecular flexibility index (Phi) is 5.13. The first-order chi connectivity index (χ1) is 13.1. The number of hydrogen-bond donors (Lipinski definition) is 1. The van der Waals surface area contributed by atoms with Crippen molar-refractivity contribution in [1.29, 1.82) is 0 Å². The van der Waals surface area contributed by atoms with Crippen LogP contribution in [0, 0.1) is 0 Å². The Morgan fingerprint density at radius 1 is 1.15 bits per heavy atom. The molecule has 1 aliphatic heterocycles. The largest absolute Gasteiger partial charge is 0.352 e. The van der Waals surface area contributed by atoms with E-state index in [1.54, 1.807) is 34.0 Å². The van der Waals surface area contributed by atoms with Crippen molar-refractivity contribution >= 4 is 23.4 Å². The summed E-state index contributed by atoms with van der Waals surface area (Å²) in [5.41, 5.74) is 1.22. The number of halogens is 1. The van der Waals surface area contributed by atoms with Crippen LogP contribution in [-0.2, 0) is 4.79 Å². The molecule has 1 saturated heterocycles. The highest BCUT2D eigenvalue weighted by atomic mass is 35.5. The molecule has 0 atom stereocenters. The predicted octanol–water partition coefficient (Wildman–Crippen LogP) is 1.56. The molecule has 1 aromatic carbocycles. The van der Waals surface area contributed by atoms with Gasteiger partial charge in [-0.05, 0) is 37.1 Å². The Bertz CT molecular complexity index is 840. The number of carbonyl (C=O) groups excluding carboxylic acids is 2. The monoisotopic (exact) mass is 387 g/mol. The fourth-order valence-corrected chi connectivity index (χ4v) is 3.36. The van der Waals surface area contributed by atoms with Gasteiger partial charge >= 0.3 is 0 Å². The molecule has 142 valence electrons. The highest BCUT2D eigenvalue weighted by Gasteiger charge is 2.27. The molecule has 2 aliphatic rings. The van der Waals surface area contributed by atoms with Crippen molar-refractivity contribution in [3.63, 3.8) is 0 Å². The summed E-state index contributed by atoms with van der Waals surface area (Å²) in [6.07, 6.45) is 3.95. The fourth-order valence-electron chi connectivity index (χ4n) is 3.18. The summed E-state index contributed by atoms with van der Waals surface area (Å²) in [5.74, 6) is -0.00426. The van der Waals surface area contributed by atoms with E-state index < -0.39 is 0 Å². The van der Waals surface area contributed by atoms with Gasteiger partial charge in [0.05, 0.1) is 12.2 Å².